The number of carbonyl (C=O) groups excluding carboxylic acids is 1. The molecule has 4 aliphatic rings. The molecular formula is C33H54O4. The van der Waals surface area contributed by atoms with Gasteiger partial charge in [0.05, 0.1) is 0 Å². The lowest BCUT2D eigenvalue weighted by atomic mass is 9.47. The summed E-state index contributed by atoms with van der Waals surface area (Å²) >= 11 is 0. The summed E-state index contributed by atoms with van der Waals surface area (Å²) in [6.45, 7) is 12.4. The molecule has 0 heterocycles. The first kappa shape index (κ1) is 28.7. The maximum absolute atomic E-state index is 12.4. The average molecular weight is 515 g/mol. The third-order valence-electron chi connectivity index (χ3n) is 11.9. The van der Waals surface area contributed by atoms with Crippen LogP contribution in [-0.2, 0) is 14.3 Å². The summed E-state index contributed by atoms with van der Waals surface area (Å²) in [4.78, 5) is 23.1. The van der Waals surface area contributed by atoms with E-state index in [9.17, 15) is 9.59 Å². The van der Waals surface area contributed by atoms with Crippen LogP contribution in [0.5, 0.6) is 0 Å². The zero-order chi connectivity index (χ0) is 26.8. The molecular weight excluding hydrogens is 460 g/mol. The van der Waals surface area contributed by atoms with Crippen molar-refractivity contribution in [3.8, 4) is 0 Å². The Morgan fingerprint density at radius 1 is 1.00 bits per heavy atom. The van der Waals surface area contributed by atoms with Crippen LogP contribution in [0.25, 0.3) is 0 Å². The molecule has 0 spiro atoms. The number of allylic oxidation sites excluding steroid dienone is 1. The molecule has 0 amide bonds. The second-order valence-corrected chi connectivity index (χ2v) is 14.2. The highest BCUT2D eigenvalue weighted by Gasteiger charge is 2.58. The predicted molar refractivity (Wildman–Crippen MR) is 149 cm³/mol. The molecule has 0 aliphatic heterocycles. The molecule has 0 aromatic rings. The second-order valence-electron chi connectivity index (χ2n) is 14.2. The number of hydrogen-bond acceptors (Lipinski definition) is 3. The van der Waals surface area contributed by atoms with Crippen molar-refractivity contribution in [2.24, 2.45) is 46.3 Å². The monoisotopic (exact) mass is 514 g/mol. The van der Waals surface area contributed by atoms with Crippen molar-refractivity contribution in [2.45, 2.75) is 137 Å². The van der Waals surface area contributed by atoms with Gasteiger partial charge >= 0.3 is 11.9 Å². The highest BCUT2D eigenvalue weighted by molar-refractivity contribution is 5.70. The molecule has 0 aromatic carbocycles. The zero-order valence-corrected chi connectivity index (χ0v) is 24.4. The molecule has 8 atom stereocenters. The summed E-state index contributed by atoms with van der Waals surface area (Å²) in [5, 5.41) is 8.78. The predicted octanol–water partition coefficient (Wildman–Crippen LogP) is 8.58. The van der Waals surface area contributed by atoms with Gasteiger partial charge in [0.15, 0.2) is 0 Å². The number of carbonyl (C=O) groups is 2. The molecule has 4 rings (SSSR count). The van der Waals surface area contributed by atoms with Gasteiger partial charge in [-0.05, 0) is 111 Å². The second kappa shape index (κ2) is 11.8. The Labute approximate surface area is 226 Å². The Kier molecular flexibility index (Phi) is 9.17. The molecule has 3 saturated carbocycles. The number of fused-ring (bicyclic) bond motifs is 5. The number of esters is 1. The highest BCUT2D eigenvalue weighted by Crippen LogP contribution is 2.66. The number of rotatable bonds is 11. The Hall–Kier alpha value is -1.32. The van der Waals surface area contributed by atoms with Crippen LogP contribution < -0.4 is 0 Å². The quantitative estimate of drug-likeness (QED) is 0.170. The lowest BCUT2D eigenvalue weighted by Gasteiger charge is -2.58. The first-order valence-corrected chi connectivity index (χ1v) is 15.7. The third-order valence-corrected chi connectivity index (χ3v) is 11.9. The fourth-order valence-corrected chi connectivity index (χ4v) is 9.12. The van der Waals surface area contributed by atoms with Crippen LogP contribution in [0, 0.1) is 46.3 Å². The fraction of sp³-hybridized carbons (Fsp3) is 0.879. The minimum absolute atomic E-state index is 0.000738. The summed E-state index contributed by atoms with van der Waals surface area (Å²) in [5.41, 5.74) is 2.38. The van der Waals surface area contributed by atoms with E-state index < -0.39 is 5.97 Å². The Balaban J connectivity index is 1.33. The summed E-state index contributed by atoms with van der Waals surface area (Å²) in [6.07, 6.45) is 18.3. The summed E-state index contributed by atoms with van der Waals surface area (Å²) in [7, 11) is 0. The van der Waals surface area contributed by atoms with Gasteiger partial charge in [-0.15, -0.1) is 0 Å². The normalized spacial score (nSPS) is 37.8. The Morgan fingerprint density at radius 2 is 1.76 bits per heavy atom. The molecule has 210 valence electrons. The van der Waals surface area contributed by atoms with Gasteiger partial charge in [-0.2, -0.15) is 0 Å². The van der Waals surface area contributed by atoms with Crippen molar-refractivity contribution in [3.63, 3.8) is 0 Å². The van der Waals surface area contributed by atoms with Crippen LogP contribution in [-0.4, -0.2) is 23.1 Å². The smallest absolute Gasteiger partial charge is 0.306 e. The third kappa shape index (κ3) is 6.14. The van der Waals surface area contributed by atoms with Crippen LogP contribution in [0.15, 0.2) is 11.6 Å². The number of ether oxygens (including phenoxy) is 1. The highest BCUT2D eigenvalue weighted by atomic mass is 16.5. The van der Waals surface area contributed by atoms with E-state index in [-0.39, 0.29) is 23.9 Å². The summed E-state index contributed by atoms with van der Waals surface area (Å²) < 4.78 is 5.87. The number of carboxylic acids is 1. The van der Waals surface area contributed by atoms with Crippen LogP contribution in [0.1, 0.15) is 131 Å². The zero-order valence-electron chi connectivity index (χ0n) is 24.4. The maximum atomic E-state index is 12.4. The number of unbranched alkanes of at least 4 members (excludes halogenated alkanes) is 1. The van der Waals surface area contributed by atoms with E-state index in [1.807, 2.05) is 0 Å². The van der Waals surface area contributed by atoms with Gasteiger partial charge in [0.25, 0.3) is 0 Å². The lowest BCUT2D eigenvalue weighted by molar-refractivity contribution is -0.152. The summed E-state index contributed by atoms with van der Waals surface area (Å²) in [6, 6.07) is 0. The van der Waals surface area contributed by atoms with Crippen molar-refractivity contribution >= 4 is 11.9 Å². The molecule has 3 fully saturated rings. The van der Waals surface area contributed by atoms with Gasteiger partial charge in [0.2, 0.25) is 0 Å². The Morgan fingerprint density at radius 3 is 2.49 bits per heavy atom. The molecule has 0 aromatic heterocycles. The number of hydrogen-bond donors (Lipinski definition) is 1. The van der Waals surface area contributed by atoms with Crippen molar-refractivity contribution in [2.75, 3.05) is 0 Å². The largest absolute Gasteiger partial charge is 0.481 e. The van der Waals surface area contributed by atoms with Crippen molar-refractivity contribution < 1.29 is 19.4 Å². The van der Waals surface area contributed by atoms with Crippen molar-refractivity contribution in [1.82, 2.24) is 0 Å². The molecule has 0 radical (unpaired) electrons. The van der Waals surface area contributed by atoms with Crippen molar-refractivity contribution in [3.05, 3.63) is 11.6 Å². The van der Waals surface area contributed by atoms with Crippen LogP contribution >= 0.6 is 0 Å². The average Bonchev–Trinajstić information content (AvgIpc) is 3.18. The van der Waals surface area contributed by atoms with Gasteiger partial charge in [-0.25, -0.2) is 0 Å². The first-order valence-electron chi connectivity index (χ1n) is 15.7. The van der Waals surface area contributed by atoms with Gasteiger partial charge < -0.3 is 9.84 Å². The SMILES string of the molecule is CC(C)[C@H](C)CCC[C@H]1CC[C@H]2[C@@H]3CC=C4C[C@@H](OC(=O)CCCCC(=O)O)CC[C@]4(C)[C@H]3CC[C@]12C. The van der Waals surface area contributed by atoms with E-state index >= 15 is 0 Å². The van der Waals surface area contributed by atoms with E-state index in [2.05, 4.69) is 40.7 Å². The van der Waals surface area contributed by atoms with E-state index in [0.717, 1.165) is 54.8 Å². The minimum Gasteiger partial charge on any atom is -0.481 e. The maximum Gasteiger partial charge on any atom is 0.306 e. The van der Waals surface area contributed by atoms with Crippen molar-refractivity contribution in [1.29, 1.82) is 0 Å². The molecule has 4 aliphatic carbocycles. The van der Waals surface area contributed by atoms with Gasteiger partial charge in [0.1, 0.15) is 6.10 Å². The van der Waals surface area contributed by atoms with E-state index in [4.69, 9.17) is 9.84 Å². The molecule has 1 N–H and O–H groups in total. The van der Waals surface area contributed by atoms with E-state index in [1.165, 1.54) is 51.4 Å². The molecule has 0 bridgehead atoms. The molecule has 0 unspecified atom stereocenters. The topological polar surface area (TPSA) is 63.6 Å². The van der Waals surface area contributed by atoms with Crippen LogP contribution in [0.4, 0.5) is 0 Å². The number of carboxylic acid groups (broad SMARTS) is 1. The van der Waals surface area contributed by atoms with Gasteiger partial charge in [-0.1, -0.05) is 59.1 Å². The lowest BCUT2D eigenvalue weighted by Crippen LogP contribution is -2.50. The summed E-state index contributed by atoms with van der Waals surface area (Å²) in [5.74, 6) is 4.12. The Bertz CT molecular complexity index is 845. The standard InChI is InChI=1S/C33H54O4/c1-22(2)23(3)9-8-10-24-14-16-28-27-15-13-25-21-26(37-31(36)12-7-6-11-30(34)35)17-19-33(25,5)29(27)18-20-32(24,28)4/h13,22-24,26-29H,6-12,14-21H2,1-5H3,(H,34,35)/t23-,24+,26+,27+,28+,29+,32-,33+/m1/s1. The molecule has 0 saturated heterocycles. The van der Waals surface area contributed by atoms with E-state index in [0.29, 0.717) is 24.7 Å². The van der Waals surface area contributed by atoms with Gasteiger partial charge in [0, 0.05) is 19.3 Å². The van der Waals surface area contributed by atoms with Crippen LogP contribution in [0.2, 0.25) is 0 Å². The molecule has 4 heteroatoms. The van der Waals surface area contributed by atoms with Gasteiger partial charge in [-0.3, -0.25) is 9.59 Å². The minimum atomic E-state index is -0.796. The molecule has 4 nitrogen and oxygen atoms in total. The molecule has 37 heavy (non-hydrogen) atoms. The van der Waals surface area contributed by atoms with Crippen LogP contribution in [0.3, 0.4) is 0 Å². The number of aliphatic carboxylic acids is 1. The fourth-order valence-electron chi connectivity index (χ4n) is 9.12. The first-order chi connectivity index (χ1) is 17.5. The van der Waals surface area contributed by atoms with E-state index in [1.54, 1.807) is 5.57 Å².